The highest BCUT2D eigenvalue weighted by Gasteiger charge is 2.37. The molecular formula is C16H20N4. The minimum Gasteiger partial charge on any atom is -0.369 e. The van der Waals surface area contributed by atoms with Gasteiger partial charge >= 0.3 is 0 Å². The predicted octanol–water partition coefficient (Wildman–Crippen LogP) is 2.19. The fraction of sp³-hybridized carbons (Fsp3) is 0.500. The molecule has 1 aromatic carbocycles. The number of nitrogens with zero attached hydrogens (tertiary/aromatic N) is 3. The predicted molar refractivity (Wildman–Crippen MR) is 80.6 cm³/mol. The molecule has 2 aromatic rings. The Kier molecular flexibility index (Phi) is 2.84. The van der Waals surface area contributed by atoms with E-state index in [0.717, 1.165) is 30.4 Å². The van der Waals surface area contributed by atoms with Crippen molar-refractivity contribution < 1.29 is 0 Å². The summed E-state index contributed by atoms with van der Waals surface area (Å²) in [7, 11) is 0. The van der Waals surface area contributed by atoms with Crippen LogP contribution in [0.15, 0.2) is 30.5 Å². The second kappa shape index (κ2) is 4.70. The molecule has 20 heavy (non-hydrogen) atoms. The van der Waals surface area contributed by atoms with Crippen LogP contribution in [-0.2, 0) is 0 Å². The fourth-order valence-corrected chi connectivity index (χ4v) is 3.91. The topological polar surface area (TPSA) is 55.0 Å². The quantitative estimate of drug-likeness (QED) is 0.861. The highest BCUT2D eigenvalue weighted by atomic mass is 15.2. The van der Waals surface area contributed by atoms with E-state index in [0.29, 0.717) is 6.04 Å². The fourth-order valence-electron chi connectivity index (χ4n) is 3.91. The maximum absolute atomic E-state index is 6.12. The number of hydrogen-bond donors (Lipinski definition) is 1. The van der Waals surface area contributed by atoms with Crippen molar-refractivity contribution >= 4 is 16.6 Å². The minimum absolute atomic E-state index is 0.406. The van der Waals surface area contributed by atoms with Gasteiger partial charge in [0, 0.05) is 24.5 Å². The molecular weight excluding hydrogens is 248 g/mol. The van der Waals surface area contributed by atoms with Crippen LogP contribution >= 0.6 is 0 Å². The molecule has 4 heteroatoms. The maximum Gasteiger partial charge on any atom is 0.0950 e. The van der Waals surface area contributed by atoms with Gasteiger partial charge < -0.3 is 10.6 Å². The molecule has 0 radical (unpaired) electrons. The van der Waals surface area contributed by atoms with Gasteiger partial charge in [0.1, 0.15) is 0 Å². The van der Waals surface area contributed by atoms with Crippen LogP contribution in [0.2, 0.25) is 0 Å². The summed E-state index contributed by atoms with van der Waals surface area (Å²) in [4.78, 5) is 2.49. The van der Waals surface area contributed by atoms with Crippen molar-refractivity contribution in [2.24, 2.45) is 17.6 Å². The van der Waals surface area contributed by atoms with Gasteiger partial charge in [-0.2, -0.15) is 10.2 Å². The van der Waals surface area contributed by atoms with Crippen LogP contribution in [-0.4, -0.2) is 29.3 Å². The number of rotatable bonds is 1. The molecule has 104 valence electrons. The summed E-state index contributed by atoms with van der Waals surface area (Å²) >= 11 is 0. The number of hydrogen-bond acceptors (Lipinski definition) is 4. The molecule has 0 spiro atoms. The van der Waals surface area contributed by atoms with Crippen molar-refractivity contribution in [3.63, 3.8) is 0 Å². The van der Waals surface area contributed by atoms with Crippen LogP contribution < -0.4 is 10.6 Å². The van der Waals surface area contributed by atoms with Crippen LogP contribution in [0.5, 0.6) is 0 Å². The maximum atomic E-state index is 6.12. The molecule has 1 aliphatic carbocycles. The SMILES string of the molecule is NC1CC[C@@H]2CN(c3cnnc4ccccc34)C[C@@H]2C1. The largest absolute Gasteiger partial charge is 0.369 e. The first-order valence-electron chi connectivity index (χ1n) is 7.52. The number of benzene rings is 1. The lowest BCUT2D eigenvalue weighted by Gasteiger charge is -2.27. The van der Waals surface area contributed by atoms with Crippen molar-refractivity contribution in [2.45, 2.75) is 25.3 Å². The molecule has 4 nitrogen and oxygen atoms in total. The van der Waals surface area contributed by atoms with Crippen molar-refractivity contribution in [3.05, 3.63) is 30.5 Å². The van der Waals surface area contributed by atoms with Gasteiger partial charge in [-0.05, 0) is 37.2 Å². The van der Waals surface area contributed by atoms with Crippen LogP contribution in [0.3, 0.4) is 0 Å². The van der Waals surface area contributed by atoms with Gasteiger partial charge in [0.05, 0.1) is 17.4 Å². The van der Waals surface area contributed by atoms with Crippen molar-refractivity contribution in [3.8, 4) is 0 Å². The molecule has 1 aromatic heterocycles. The zero-order valence-corrected chi connectivity index (χ0v) is 11.6. The molecule has 0 amide bonds. The van der Waals surface area contributed by atoms with Gasteiger partial charge in [-0.15, -0.1) is 0 Å². The summed E-state index contributed by atoms with van der Waals surface area (Å²) in [5, 5.41) is 9.61. The number of aromatic nitrogens is 2. The minimum atomic E-state index is 0.406. The van der Waals surface area contributed by atoms with Crippen LogP contribution in [0, 0.1) is 11.8 Å². The molecule has 2 N–H and O–H groups in total. The van der Waals surface area contributed by atoms with E-state index in [1.165, 1.54) is 30.3 Å². The van der Waals surface area contributed by atoms with E-state index in [4.69, 9.17) is 5.73 Å². The summed E-state index contributed by atoms with van der Waals surface area (Å²) in [6.07, 6.45) is 5.56. The molecule has 3 atom stereocenters. The van der Waals surface area contributed by atoms with E-state index < -0.39 is 0 Å². The number of fused-ring (bicyclic) bond motifs is 2. The summed E-state index contributed by atoms with van der Waals surface area (Å²) in [6, 6.07) is 8.68. The van der Waals surface area contributed by atoms with E-state index in [9.17, 15) is 0 Å². The lowest BCUT2D eigenvalue weighted by Crippen LogP contribution is -2.32. The van der Waals surface area contributed by atoms with Crippen molar-refractivity contribution in [1.29, 1.82) is 0 Å². The normalized spacial score (nSPS) is 29.6. The molecule has 1 saturated heterocycles. The van der Waals surface area contributed by atoms with Crippen LogP contribution in [0.4, 0.5) is 5.69 Å². The van der Waals surface area contributed by atoms with E-state index in [2.05, 4.69) is 27.2 Å². The standard InChI is InChI=1S/C16H20N4/c17-13-6-5-11-9-20(10-12(11)7-13)16-8-18-19-15-4-2-1-3-14(15)16/h1-4,8,11-13H,5-7,9-10,17H2/t11-,12+,13?/m1/s1. The van der Waals surface area contributed by atoms with Gasteiger partial charge in [0.25, 0.3) is 0 Å². The van der Waals surface area contributed by atoms with E-state index in [1.54, 1.807) is 0 Å². The Bertz CT molecular complexity index is 621. The second-order valence-corrected chi connectivity index (χ2v) is 6.25. The summed E-state index contributed by atoms with van der Waals surface area (Å²) < 4.78 is 0. The highest BCUT2D eigenvalue weighted by Crippen LogP contribution is 2.39. The zero-order valence-electron chi connectivity index (χ0n) is 11.6. The van der Waals surface area contributed by atoms with Gasteiger partial charge in [0.2, 0.25) is 0 Å². The van der Waals surface area contributed by atoms with Gasteiger partial charge in [0.15, 0.2) is 0 Å². The summed E-state index contributed by atoms with van der Waals surface area (Å²) in [6.45, 7) is 2.27. The van der Waals surface area contributed by atoms with E-state index in [1.807, 2.05) is 18.3 Å². The molecule has 2 heterocycles. The Morgan fingerprint density at radius 2 is 1.95 bits per heavy atom. The van der Waals surface area contributed by atoms with Crippen molar-refractivity contribution in [2.75, 3.05) is 18.0 Å². The monoisotopic (exact) mass is 268 g/mol. The third-order valence-electron chi connectivity index (χ3n) is 4.96. The van der Waals surface area contributed by atoms with Crippen molar-refractivity contribution in [1.82, 2.24) is 10.2 Å². The first kappa shape index (κ1) is 12.1. The molecule has 4 rings (SSSR count). The summed E-state index contributed by atoms with van der Waals surface area (Å²) in [5.41, 5.74) is 8.34. The third kappa shape index (κ3) is 1.95. The molecule has 1 saturated carbocycles. The van der Waals surface area contributed by atoms with Gasteiger partial charge in [-0.25, -0.2) is 0 Å². The van der Waals surface area contributed by atoms with Crippen LogP contribution in [0.1, 0.15) is 19.3 Å². The number of nitrogens with two attached hydrogens (primary N) is 1. The molecule has 0 bridgehead atoms. The van der Waals surface area contributed by atoms with Gasteiger partial charge in [-0.1, -0.05) is 18.2 Å². The Morgan fingerprint density at radius 3 is 2.90 bits per heavy atom. The molecule has 1 unspecified atom stereocenters. The Labute approximate surface area is 119 Å². The summed E-state index contributed by atoms with van der Waals surface area (Å²) in [5.74, 6) is 1.56. The van der Waals surface area contributed by atoms with Crippen LogP contribution in [0.25, 0.3) is 10.9 Å². The molecule has 1 aliphatic heterocycles. The Balaban J connectivity index is 1.67. The highest BCUT2D eigenvalue weighted by molar-refractivity contribution is 5.90. The second-order valence-electron chi connectivity index (χ2n) is 6.25. The molecule has 2 aliphatic rings. The van der Waals surface area contributed by atoms with E-state index in [-0.39, 0.29) is 0 Å². The Morgan fingerprint density at radius 1 is 1.10 bits per heavy atom. The Hall–Kier alpha value is -1.68. The average Bonchev–Trinajstić information content (AvgIpc) is 2.89. The number of anilines is 1. The van der Waals surface area contributed by atoms with E-state index >= 15 is 0 Å². The lowest BCUT2D eigenvalue weighted by atomic mass is 9.79. The molecule has 2 fully saturated rings. The smallest absolute Gasteiger partial charge is 0.0950 e. The third-order valence-corrected chi connectivity index (χ3v) is 4.96. The van der Waals surface area contributed by atoms with Gasteiger partial charge in [-0.3, -0.25) is 0 Å². The zero-order chi connectivity index (χ0) is 13.5. The first-order valence-corrected chi connectivity index (χ1v) is 7.52. The average molecular weight is 268 g/mol. The first-order chi connectivity index (χ1) is 9.81. The lowest BCUT2D eigenvalue weighted by molar-refractivity contribution is 0.271.